The Bertz CT molecular complexity index is 436. The molecule has 0 atom stereocenters. The van der Waals surface area contributed by atoms with Crippen LogP contribution in [-0.2, 0) is 11.3 Å². The highest BCUT2D eigenvalue weighted by molar-refractivity contribution is 5.80. The lowest BCUT2D eigenvalue weighted by Gasteiger charge is -2.26. The number of amides is 1. The third kappa shape index (κ3) is 2.91. The van der Waals surface area contributed by atoms with E-state index >= 15 is 0 Å². The van der Waals surface area contributed by atoms with Gasteiger partial charge in [0.1, 0.15) is 0 Å². The summed E-state index contributed by atoms with van der Waals surface area (Å²) in [6, 6.07) is 6.52. The van der Waals surface area contributed by atoms with Crippen LogP contribution in [0.4, 0.5) is 0 Å². The topological polar surface area (TPSA) is 41.1 Å². The van der Waals surface area contributed by atoms with Crippen molar-refractivity contribution in [2.45, 2.75) is 33.2 Å². The van der Waals surface area contributed by atoms with Gasteiger partial charge >= 0.3 is 0 Å². The molecule has 1 saturated heterocycles. The van der Waals surface area contributed by atoms with Crippen molar-refractivity contribution in [3.63, 3.8) is 0 Å². The predicted molar refractivity (Wildman–Crippen MR) is 73.5 cm³/mol. The van der Waals surface area contributed by atoms with E-state index in [4.69, 9.17) is 0 Å². The number of aryl methyl sites for hydroxylation is 1. The zero-order valence-corrected chi connectivity index (χ0v) is 11.4. The van der Waals surface area contributed by atoms with Gasteiger partial charge in [-0.2, -0.15) is 0 Å². The highest BCUT2D eigenvalue weighted by atomic mass is 16.2. The summed E-state index contributed by atoms with van der Waals surface area (Å²) < 4.78 is 0. The number of carbonyl (C=O) groups is 1. The molecular formula is C15H22N2O. The molecule has 3 heteroatoms. The molecule has 0 aliphatic carbocycles. The van der Waals surface area contributed by atoms with Crippen molar-refractivity contribution in [1.29, 1.82) is 0 Å². The minimum atomic E-state index is 0.165. The molecule has 1 amide bonds. The third-order valence-electron chi connectivity index (χ3n) is 3.65. The highest BCUT2D eigenvalue weighted by Crippen LogP contribution is 2.18. The van der Waals surface area contributed by atoms with Crippen LogP contribution in [0.1, 0.15) is 36.5 Å². The van der Waals surface area contributed by atoms with Crippen LogP contribution in [0.3, 0.4) is 0 Å². The Kier molecular flexibility index (Phi) is 4.02. The molecule has 0 bridgehead atoms. The summed E-state index contributed by atoms with van der Waals surface area (Å²) in [5, 5.41) is 6.14. The van der Waals surface area contributed by atoms with E-state index in [1.54, 1.807) is 0 Å². The molecule has 0 spiro atoms. The molecule has 2 rings (SSSR count). The highest BCUT2D eigenvalue weighted by Gasteiger charge is 2.24. The van der Waals surface area contributed by atoms with E-state index in [1.807, 2.05) is 0 Å². The monoisotopic (exact) mass is 246 g/mol. The second-order valence-electron chi connectivity index (χ2n) is 5.41. The van der Waals surface area contributed by atoms with Gasteiger partial charge in [-0.3, -0.25) is 4.79 Å². The summed E-state index contributed by atoms with van der Waals surface area (Å²) in [4.78, 5) is 11.8. The number of nitrogens with one attached hydrogen (secondary N) is 2. The third-order valence-corrected chi connectivity index (χ3v) is 3.65. The second kappa shape index (κ2) is 5.53. The summed E-state index contributed by atoms with van der Waals surface area (Å²) in [7, 11) is 0. The minimum absolute atomic E-state index is 0.165. The van der Waals surface area contributed by atoms with Gasteiger partial charge in [0, 0.05) is 19.6 Å². The Hall–Kier alpha value is -1.35. The second-order valence-corrected chi connectivity index (χ2v) is 5.41. The molecule has 98 valence electrons. The molecule has 1 aromatic rings. The smallest absolute Gasteiger partial charge is 0.225 e. The van der Waals surface area contributed by atoms with Crippen molar-refractivity contribution in [2.75, 3.05) is 13.1 Å². The first-order valence-electron chi connectivity index (χ1n) is 6.65. The van der Waals surface area contributed by atoms with E-state index in [2.05, 4.69) is 49.6 Å². The molecule has 1 fully saturated rings. The molecule has 0 aromatic heterocycles. The molecule has 1 aromatic carbocycles. The fraction of sp³-hybridized carbons (Fsp3) is 0.533. The zero-order chi connectivity index (χ0) is 13.1. The quantitative estimate of drug-likeness (QED) is 0.852. The fourth-order valence-corrected chi connectivity index (χ4v) is 2.04. The number of rotatable bonds is 4. The lowest BCUT2D eigenvalue weighted by atomic mass is 9.97. The van der Waals surface area contributed by atoms with Gasteiger partial charge in [-0.25, -0.2) is 0 Å². The Balaban J connectivity index is 1.99. The van der Waals surface area contributed by atoms with Gasteiger partial charge in [0.25, 0.3) is 0 Å². The van der Waals surface area contributed by atoms with Gasteiger partial charge in [0.15, 0.2) is 0 Å². The molecule has 18 heavy (non-hydrogen) atoms. The normalized spacial score (nSPS) is 15.6. The zero-order valence-electron chi connectivity index (χ0n) is 11.4. The van der Waals surface area contributed by atoms with E-state index in [1.165, 1.54) is 16.7 Å². The van der Waals surface area contributed by atoms with Crippen LogP contribution in [0, 0.1) is 12.8 Å². The fourth-order valence-electron chi connectivity index (χ4n) is 2.04. The Morgan fingerprint density at radius 1 is 1.44 bits per heavy atom. The van der Waals surface area contributed by atoms with Crippen LogP contribution in [-0.4, -0.2) is 19.0 Å². The molecule has 0 radical (unpaired) electrons. The average molecular weight is 246 g/mol. The lowest BCUT2D eigenvalue weighted by Crippen LogP contribution is -2.50. The van der Waals surface area contributed by atoms with E-state index in [-0.39, 0.29) is 11.8 Å². The number of carbonyl (C=O) groups excluding carboxylic acids is 1. The molecule has 1 aliphatic rings. The Labute approximate surface area is 109 Å². The van der Waals surface area contributed by atoms with Gasteiger partial charge in [-0.1, -0.05) is 32.0 Å². The summed E-state index contributed by atoms with van der Waals surface area (Å²) in [6.45, 7) is 8.74. The number of hydrogen-bond donors (Lipinski definition) is 2. The molecule has 0 saturated carbocycles. The lowest BCUT2D eigenvalue weighted by molar-refractivity contribution is -0.126. The van der Waals surface area contributed by atoms with Gasteiger partial charge < -0.3 is 10.6 Å². The van der Waals surface area contributed by atoms with Gasteiger partial charge in [0.2, 0.25) is 5.91 Å². The average Bonchev–Trinajstić information content (AvgIpc) is 2.25. The van der Waals surface area contributed by atoms with Crippen LogP contribution >= 0.6 is 0 Å². The van der Waals surface area contributed by atoms with Crippen LogP contribution in [0.15, 0.2) is 18.2 Å². The maximum atomic E-state index is 11.8. The Morgan fingerprint density at radius 2 is 2.17 bits per heavy atom. The van der Waals surface area contributed by atoms with Crippen LogP contribution < -0.4 is 10.6 Å². The number of benzene rings is 1. The van der Waals surface area contributed by atoms with Crippen molar-refractivity contribution in [3.05, 3.63) is 34.9 Å². The minimum Gasteiger partial charge on any atom is -0.352 e. The van der Waals surface area contributed by atoms with Gasteiger partial charge in [-0.15, -0.1) is 0 Å². The summed E-state index contributed by atoms with van der Waals surface area (Å²) in [5.41, 5.74) is 3.79. The molecule has 0 unspecified atom stereocenters. The maximum Gasteiger partial charge on any atom is 0.225 e. The van der Waals surface area contributed by atoms with Crippen LogP contribution in [0.25, 0.3) is 0 Å². The SMILES string of the molecule is Cc1ccc(C(C)C)cc1CNC(=O)C1CNC1. The summed E-state index contributed by atoms with van der Waals surface area (Å²) in [6.07, 6.45) is 0. The van der Waals surface area contributed by atoms with E-state index in [0.717, 1.165) is 13.1 Å². The molecule has 3 nitrogen and oxygen atoms in total. The first-order valence-corrected chi connectivity index (χ1v) is 6.65. The van der Waals surface area contributed by atoms with Gasteiger partial charge in [0.05, 0.1) is 5.92 Å². The van der Waals surface area contributed by atoms with Gasteiger partial charge in [-0.05, 0) is 29.5 Å². The molecular weight excluding hydrogens is 224 g/mol. The van der Waals surface area contributed by atoms with Crippen molar-refractivity contribution in [3.8, 4) is 0 Å². The molecule has 2 N–H and O–H groups in total. The summed E-state index contributed by atoms with van der Waals surface area (Å²) >= 11 is 0. The molecule has 1 aliphatic heterocycles. The van der Waals surface area contributed by atoms with Crippen molar-refractivity contribution < 1.29 is 4.79 Å². The van der Waals surface area contributed by atoms with E-state index < -0.39 is 0 Å². The van der Waals surface area contributed by atoms with Crippen LogP contribution in [0.2, 0.25) is 0 Å². The number of hydrogen-bond acceptors (Lipinski definition) is 2. The predicted octanol–water partition coefficient (Wildman–Crippen LogP) is 1.95. The summed E-state index contributed by atoms with van der Waals surface area (Å²) in [5.74, 6) is 0.859. The largest absolute Gasteiger partial charge is 0.352 e. The van der Waals surface area contributed by atoms with Crippen molar-refractivity contribution >= 4 is 5.91 Å². The Morgan fingerprint density at radius 3 is 2.72 bits per heavy atom. The van der Waals surface area contributed by atoms with E-state index in [0.29, 0.717) is 12.5 Å². The van der Waals surface area contributed by atoms with E-state index in [9.17, 15) is 4.79 Å². The first-order chi connectivity index (χ1) is 8.58. The molecule has 1 heterocycles. The standard InChI is InChI=1S/C15H22N2O/c1-10(2)12-5-4-11(3)13(6-12)9-17-15(18)14-7-16-8-14/h4-6,10,14,16H,7-9H2,1-3H3,(H,17,18). The van der Waals surface area contributed by atoms with Crippen molar-refractivity contribution in [2.24, 2.45) is 5.92 Å². The van der Waals surface area contributed by atoms with Crippen molar-refractivity contribution in [1.82, 2.24) is 10.6 Å². The first kappa shape index (κ1) is 13.1. The van der Waals surface area contributed by atoms with Crippen LogP contribution in [0.5, 0.6) is 0 Å². The maximum absolute atomic E-state index is 11.8.